The van der Waals surface area contributed by atoms with Gasteiger partial charge in [-0.25, -0.2) is 14.4 Å². The van der Waals surface area contributed by atoms with Crippen LogP contribution < -0.4 is 21.3 Å². The van der Waals surface area contributed by atoms with Gasteiger partial charge in [-0.3, -0.25) is 14.4 Å². The Morgan fingerprint density at radius 2 is 1.10 bits per heavy atom. The lowest BCUT2D eigenvalue weighted by atomic mass is 10.0. The number of rotatable bonds is 8. The Balaban J connectivity index is 3.45. The molecule has 0 radical (unpaired) electrons. The van der Waals surface area contributed by atoms with Gasteiger partial charge in [0.1, 0.15) is 18.1 Å². The van der Waals surface area contributed by atoms with E-state index in [0.29, 0.717) is 19.4 Å². The Morgan fingerprint density at radius 1 is 0.634 bits per heavy atom. The van der Waals surface area contributed by atoms with Crippen molar-refractivity contribution in [3.05, 3.63) is 0 Å². The van der Waals surface area contributed by atoms with E-state index in [1.54, 1.807) is 48.6 Å². The molecular formula is C28H48N4O9. The van der Waals surface area contributed by atoms with E-state index in [4.69, 9.17) is 14.2 Å². The minimum atomic E-state index is -1.31. The van der Waals surface area contributed by atoms with Crippen LogP contribution in [0.15, 0.2) is 0 Å². The molecule has 0 saturated carbocycles. The third kappa shape index (κ3) is 11.3. The van der Waals surface area contributed by atoms with Crippen LogP contribution in [0.5, 0.6) is 0 Å². The van der Waals surface area contributed by atoms with Crippen molar-refractivity contribution in [1.82, 2.24) is 21.3 Å². The summed E-state index contributed by atoms with van der Waals surface area (Å²) in [5, 5.41) is 10.7. The van der Waals surface area contributed by atoms with Crippen LogP contribution in [0.4, 0.5) is 0 Å². The highest BCUT2D eigenvalue weighted by Crippen LogP contribution is 2.15. The summed E-state index contributed by atoms with van der Waals surface area (Å²) in [6.07, 6.45) is -2.43. The zero-order chi connectivity index (χ0) is 31.4. The number of nitrogens with one attached hydrogen (secondary N) is 4. The summed E-state index contributed by atoms with van der Waals surface area (Å²) in [4.78, 5) is 78.3. The van der Waals surface area contributed by atoms with Gasteiger partial charge in [-0.15, -0.1) is 0 Å². The molecule has 1 rings (SSSR count). The summed E-state index contributed by atoms with van der Waals surface area (Å²) >= 11 is 0. The van der Waals surface area contributed by atoms with Gasteiger partial charge in [-0.2, -0.15) is 0 Å². The first-order chi connectivity index (χ1) is 19.1. The van der Waals surface area contributed by atoms with Crippen molar-refractivity contribution in [2.24, 2.45) is 17.8 Å². The molecule has 234 valence electrons. The standard InChI is InChI=1S/C28H48N4O9/c1-14(2)20-27(37)39-17(7)23(33)30-19(12-10-11-13-29-9)26(36)41-22(16(5)6)25(35)32-21(15(3)4)28(38)40-18(8)24(34)31-20/h14-22,29H,10-13H2,1-9H3,(H,30,33)(H,31,34)(H,32,35). The number of carbonyl (C=O) groups excluding carboxylic acids is 6. The Labute approximate surface area is 242 Å². The highest BCUT2D eigenvalue weighted by atomic mass is 16.6. The molecule has 1 heterocycles. The predicted molar refractivity (Wildman–Crippen MR) is 149 cm³/mol. The van der Waals surface area contributed by atoms with Gasteiger partial charge in [0.2, 0.25) is 0 Å². The molecule has 1 aliphatic heterocycles. The summed E-state index contributed by atoms with van der Waals surface area (Å²) in [5.41, 5.74) is 0. The fourth-order valence-electron chi connectivity index (χ4n) is 3.99. The molecule has 41 heavy (non-hydrogen) atoms. The molecule has 0 bridgehead atoms. The van der Waals surface area contributed by atoms with Gasteiger partial charge in [0, 0.05) is 0 Å². The van der Waals surface area contributed by atoms with Crippen molar-refractivity contribution in [2.75, 3.05) is 13.6 Å². The molecule has 0 spiro atoms. The van der Waals surface area contributed by atoms with Gasteiger partial charge < -0.3 is 35.5 Å². The van der Waals surface area contributed by atoms with Crippen LogP contribution in [0.3, 0.4) is 0 Å². The normalized spacial score (nSPS) is 27.8. The molecule has 6 atom stereocenters. The second-order valence-electron chi connectivity index (χ2n) is 11.4. The fourth-order valence-corrected chi connectivity index (χ4v) is 3.99. The first kappa shape index (κ1) is 35.8. The minimum absolute atomic E-state index is 0.211. The van der Waals surface area contributed by atoms with Crippen LogP contribution >= 0.6 is 0 Å². The number of ether oxygens (including phenoxy) is 3. The van der Waals surface area contributed by atoms with E-state index in [1.807, 2.05) is 0 Å². The zero-order valence-corrected chi connectivity index (χ0v) is 25.7. The van der Waals surface area contributed by atoms with Crippen LogP contribution in [-0.4, -0.2) is 85.7 Å². The van der Waals surface area contributed by atoms with Crippen molar-refractivity contribution in [2.45, 2.75) is 111 Å². The molecule has 13 nitrogen and oxygen atoms in total. The number of esters is 3. The second-order valence-corrected chi connectivity index (χ2v) is 11.4. The summed E-state index contributed by atoms with van der Waals surface area (Å²) in [6, 6.07) is -3.42. The SMILES string of the molecule is CNCCCCC1NC(=O)C(C)OC(=O)C(C(C)C)NC(=O)C(C)OC(=O)C(C(C)C)NC(=O)C(C(C)C)OC1=O. The summed E-state index contributed by atoms with van der Waals surface area (Å²) in [5.74, 6) is -6.12. The Kier molecular flexibility index (Phi) is 14.8. The van der Waals surface area contributed by atoms with Crippen molar-refractivity contribution in [3.8, 4) is 0 Å². The molecule has 1 saturated heterocycles. The Hall–Kier alpha value is -3.22. The van der Waals surface area contributed by atoms with Crippen LogP contribution in [0.25, 0.3) is 0 Å². The maximum Gasteiger partial charge on any atom is 0.329 e. The smallest absolute Gasteiger partial charge is 0.329 e. The van der Waals surface area contributed by atoms with Crippen molar-refractivity contribution in [1.29, 1.82) is 0 Å². The zero-order valence-electron chi connectivity index (χ0n) is 25.7. The maximum absolute atomic E-state index is 13.3. The van der Waals surface area contributed by atoms with Crippen LogP contribution in [0.1, 0.15) is 74.7 Å². The predicted octanol–water partition coefficient (Wildman–Crippen LogP) is 0.587. The Bertz CT molecular complexity index is 938. The lowest BCUT2D eigenvalue weighted by molar-refractivity contribution is -0.166. The van der Waals surface area contributed by atoms with Crippen molar-refractivity contribution >= 4 is 35.6 Å². The van der Waals surface area contributed by atoms with E-state index in [1.165, 1.54) is 13.8 Å². The summed E-state index contributed by atoms with van der Waals surface area (Å²) < 4.78 is 16.3. The first-order valence-corrected chi connectivity index (χ1v) is 14.3. The second kappa shape index (κ2) is 16.9. The molecule has 13 heteroatoms. The maximum atomic E-state index is 13.3. The van der Waals surface area contributed by atoms with Crippen molar-refractivity contribution in [3.63, 3.8) is 0 Å². The summed E-state index contributed by atoms with van der Waals surface area (Å²) in [7, 11) is 1.79. The number of hydrogen-bond acceptors (Lipinski definition) is 10. The molecule has 0 aromatic carbocycles. The molecule has 0 aliphatic carbocycles. The van der Waals surface area contributed by atoms with Crippen LogP contribution in [-0.2, 0) is 43.0 Å². The first-order valence-electron chi connectivity index (χ1n) is 14.3. The molecule has 1 aliphatic rings. The Morgan fingerprint density at radius 3 is 1.54 bits per heavy atom. The molecular weight excluding hydrogens is 536 g/mol. The van der Waals surface area contributed by atoms with Crippen LogP contribution in [0.2, 0.25) is 0 Å². The van der Waals surface area contributed by atoms with Gasteiger partial charge in [0.25, 0.3) is 17.7 Å². The van der Waals surface area contributed by atoms with Gasteiger partial charge in [0.15, 0.2) is 18.3 Å². The number of amides is 3. The highest BCUT2D eigenvalue weighted by molar-refractivity contribution is 5.93. The van der Waals surface area contributed by atoms with Gasteiger partial charge in [-0.05, 0) is 64.5 Å². The summed E-state index contributed by atoms with van der Waals surface area (Å²) in [6.45, 7) is 13.4. The van der Waals surface area contributed by atoms with E-state index >= 15 is 0 Å². The molecule has 0 aromatic rings. The van der Waals surface area contributed by atoms with E-state index in [2.05, 4.69) is 21.3 Å². The largest absolute Gasteiger partial charge is 0.451 e. The lowest BCUT2D eigenvalue weighted by Crippen LogP contribution is -2.55. The van der Waals surface area contributed by atoms with Gasteiger partial charge in [0.05, 0.1) is 0 Å². The lowest BCUT2D eigenvalue weighted by Gasteiger charge is -2.29. The third-order valence-electron chi connectivity index (χ3n) is 6.64. The number of unbranched alkanes of at least 4 members (excludes halogenated alkanes) is 1. The van der Waals surface area contributed by atoms with E-state index < -0.39 is 89.8 Å². The molecule has 3 amide bonds. The van der Waals surface area contributed by atoms with E-state index in [9.17, 15) is 28.8 Å². The average Bonchev–Trinajstić information content (AvgIpc) is 2.88. The monoisotopic (exact) mass is 584 g/mol. The minimum Gasteiger partial charge on any atom is -0.451 e. The van der Waals surface area contributed by atoms with Gasteiger partial charge in [-0.1, -0.05) is 41.5 Å². The quantitative estimate of drug-likeness (QED) is 0.179. The number of carbonyl (C=O) groups is 6. The third-order valence-corrected chi connectivity index (χ3v) is 6.64. The van der Waals surface area contributed by atoms with E-state index in [-0.39, 0.29) is 6.42 Å². The highest BCUT2D eigenvalue weighted by Gasteiger charge is 2.37. The van der Waals surface area contributed by atoms with Crippen LogP contribution in [0, 0.1) is 17.8 Å². The fraction of sp³-hybridized carbons (Fsp3) is 0.786. The topological polar surface area (TPSA) is 178 Å². The molecule has 0 aromatic heterocycles. The molecule has 4 N–H and O–H groups in total. The molecule has 6 unspecified atom stereocenters. The average molecular weight is 585 g/mol. The molecule has 1 fully saturated rings. The number of cyclic esters (lactones) is 3. The van der Waals surface area contributed by atoms with E-state index in [0.717, 1.165) is 0 Å². The van der Waals surface area contributed by atoms with Gasteiger partial charge >= 0.3 is 17.9 Å². The number of hydrogen-bond donors (Lipinski definition) is 4. The van der Waals surface area contributed by atoms with Crippen molar-refractivity contribution < 1.29 is 43.0 Å².